The van der Waals surface area contributed by atoms with Crippen LogP contribution in [0, 0.1) is 0 Å². The number of carboxylic acid groups (broad SMARTS) is 2. The SMILES string of the molecule is C.O=C(O)c1ccc(C(=O)NCCc2ccccc2)c2c(C(=O)O)ccc(C(=O)NCCc3ccccc3)c12.O=C1c2ccc3c4c(ccc(c24)C(=O)N1CCc1ccccc1)C(=O)N(CCc1ccccc1)C3=O. The maximum absolute atomic E-state index is 13.4. The van der Waals surface area contributed by atoms with Gasteiger partial charge >= 0.3 is 11.9 Å². The number of imide groups is 2. The Hall–Kier alpha value is -9.56. The first-order chi connectivity index (χ1) is 35.9. The van der Waals surface area contributed by atoms with E-state index in [0.29, 0.717) is 58.7 Å². The summed E-state index contributed by atoms with van der Waals surface area (Å²) in [6, 6.07) is 49.8. The van der Waals surface area contributed by atoms with Gasteiger partial charge in [-0.25, -0.2) is 9.59 Å². The van der Waals surface area contributed by atoms with E-state index in [4.69, 9.17) is 0 Å². The third-order valence-electron chi connectivity index (χ3n) is 13.2. The van der Waals surface area contributed by atoms with Crippen LogP contribution < -0.4 is 10.6 Å². The molecule has 8 aromatic carbocycles. The number of fused-ring (bicyclic) bond motifs is 1. The number of carboxylic acids is 2. The Balaban J connectivity index is 0.000000197. The molecule has 75 heavy (non-hydrogen) atoms. The van der Waals surface area contributed by atoms with E-state index in [1.54, 1.807) is 24.3 Å². The monoisotopic (exact) mass is 1000 g/mol. The van der Waals surface area contributed by atoms with Gasteiger partial charge in [0.25, 0.3) is 35.4 Å². The highest BCUT2D eigenvalue weighted by atomic mass is 16.4. The molecule has 2 heterocycles. The second kappa shape index (κ2) is 22.9. The Morgan fingerprint density at radius 1 is 0.347 bits per heavy atom. The van der Waals surface area contributed by atoms with E-state index in [1.807, 2.05) is 121 Å². The molecule has 0 spiro atoms. The van der Waals surface area contributed by atoms with Gasteiger partial charge in [0.05, 0.1) is 11.1 Å². The molecule has 2 aliphatic rings. The lowest BCUT2D eigenvalue weighted by molar-refractivity contribution is 0.0590. The molecule has 0 fully saturated rings. The number of rotatable bonds is 16. The van der Waals surface area contributed by atoms with Crippen LogP contribution in [0.4, 0.5) is 0 Å². The van der Waals surface area contributed by atoms with Gasteiger partial charge in [-0.3, -0.25) is 38.6 Å². The summed E-state index contributed by atoms with van der Waals surface area (Å²) in [5.74, 6) is -5.42. The third-order valence-corrected chi connectivity index (χ3v) is 13.2. The predicted molar refractivity (Wildman–Crippen MR) is 285 cm³/mol. The van der Waals surface area contributed by atoms with Gasteiger partial charge in [-0.05, 0) is 96.5 Å². The number of nitrogens with zero attached hydrogens (tertiary/aromatic N) is 2. The summed E-state index contributed by atoms with van der Waals surface area (Å²) in [7, 11) is 0. The van der Waals surface area contributed by atoms with E-state index in [0.717, 1.165) is 22.3 Å². The van der Waals surface area contributed by atoms with Gasteiger partial charge in [0.1, 0.15) is 0 Å². The van der Waals surface area contributed by atoms with E-state index < -0.39 is 47.4 Å². The molecule has 0 aromatic heterocycles. The Morgan fingerprint density at radius 2 is 0.613 bits per heavy atom. The van der Waals surface area contributed by atoms with Gasteiger partial charge in [-0.1, -0.05) is 129 Å². The first kappa shape index (κ1) is 51.8. The zero-order chi connectivity index (χ0) is 51.9. The maximum atomic E-state index is 13.4. The fraction of sp³-hybridized carbons (Fsp3) is 0.148. The maximum Gasteiger partial charge on any atom is 0.336 e. The van der Waals surface area contributed by atoms with Crippen LogP contribution in [0.25, 0.3) is 21.5 Å². The number of carbonyl (C=O) groups excluding carboxylic acids is 6. The topological polar surface area (TPSA) is 208 Å². The summed E-state index contributed by atoms with van der Waals surface area (Å²) in [6.07, 6.45) is 2.19. The molecular weight excluding hydrogens is 949 g/mol. The van der Waals surface area contributed by atoms with Crippen molar-refractivity contribution in [2.45, 2.75) is 33.1 Å². The standard InChI is InChI=1S/C30H26N2O6.C30H22N2O4.CH4/c33-27(31-17-15-19-7-3-1-4-8-19)21-11-13-24(30(37)38)26-22(12-14-23(25(21)26)29(35)36)28(34)32-18-16-20-9-5-2-6-10-20;33-27-21-11-13-23-26-24(30(36)32(29(23)35)18-16-20-9-5-2-6-10-20)14-12-22(25(21)26)28(34)31(27)17-15-19-7-3-1-4-8-19;/h1-14H,15-18H2,(H,31,33)(H,32,34)(H,35,36)(H,37,38);1-14H,15-18H2;1H4. The lowest BCUT2D eigenvalue weighted by atomic mass is 9.85. The normalized spacial score (nSPS) is 12.4. The lowest BCUT2D eigenvalue weighted by Gasteiger charge is -2.32. The van der Waals surface area contributed by atoms with Crippen LogP contribution in [0.3, 0.4) is 0 Å². The zero-order valence-corrected chi connectivity index (χ0v) is 39.9. The molecule has 0 bridgehead atoms. The summed E-state index contributed by atoms with van der Waals surface area (Å²) >= 11 is 0. The van der Waals surface area contributed by atoms with Crippen LogP contribution in [0.15, 0.2) is 170 Å². The average molecular weight is 1000 g/mol. The van der Waals surface area contributed by atoms with E-state index in [2.05, 4.69) is 10.6 Å². The molecule has 6 amide bonds. The average Bonchev–Trinajstić information content (AvgIpc) is 3.42. The number of hydrogen-bond donors (Lipinski definition) is 4. The first-order valence-corrected chi connectivity index (χ1v) is 24.0. The fourth-order valence-electron chi connectivity index (χ4n) is 9.50. The first-order valence-electron chi connectivity index (χ1n) is 24.0. The van der Waals surface area contributed by atoms with Crippen molar-refractivity contribution in [1.82, 2.24) is 20.4 Å². The summed E-state index contributed by atoms with van der Waals surface area (Å²) in [6.45, 7) is 1.06. The fourth-order valence-corrected chi connectivity index (χ4v) is 9.50. The number of carbonyl (C=O) groups is 8. The Bertz CT molecular complexity index is 3230. The smallest absolute Gasteiger partial charge is 0.336 e. The van der Waals surface area contributed by atoms with Gasteiger partial charge in [0.2, 0.25) is 0 Å². The van der Waals surface area contributed by atoms with Crippen molar-refractivity contribution in [2.75, 3.05) is 26.2 Å². The van der Waals surface area contributed by atoms with Crippen molar-refractivity contribution in [3.05, 3.63) is 237 Å². The van der Waals surface area contributed by atoms with Crippen molar-refractivity contribution >= 4 is 68.9 Å². The van der Waals surface area contributed by atoms with E-state index in [9.17, 15) is 48.6 Å². The zero-order valence-electron chi connectivity index (χ0n) is 39.9. The Kier molecular flexibility index (Phi) is 15.8. The second-order valence-corrected chi connectivity index (χ2v) is 17.7. The summed E-state index contributed by atoms with van der Waals surface area (Å²) in [5, 5.41) is 25.9. The van der Waals surface area contributed by atoms with Gasteiger partial charge < -0.3 is 20.8 Å². The van der Waals surface area contributed by atoms with Crippen LogP contribution in [0.1, 0.15) is 113 Å². The van der Waals surface area contributed by atoms with Crippen molar-refractivity contribution in [3.8, 4) is 0 Å². The van der Waals surface area contributed by atoms with Crippen molar-refractivity contribution in [3.63, 3.8) is 0 Å². The minimum atomic E-state index is -1.34. The molecule has 0 unspecified atom stereocenters. The molecule has 14 nitrogen and oxygen atoms in total. The van der Waals surface area contributed by atoms with Gasteiger partial charge in [-0.15, -0.1) is 0 Å². The van der Waals surface area contributed by atoms with Gasteiger partial charge in [0, 0.05) is 81.1 Å². The minimum Gasteiger partial charge on any atom is -0.478 e. The number of nitrogens with one attached hydrogen (secondary N) is 2. The largest absolute Gasteiger partial charge is 0.478 e. The predicted octanol–water partition coefficient (Wildman–Crippen LogP) is 9.33. The number of amides is 6. The third kappa shape index (κ3) is 10.8. The molecule has 14 heteroatoms. The van der Waals surface area contributed by atoms with Crippen LogP contribution in [0.5, 0.6) is 0 Å². The summed E-state index contributed by atoms with van der Waals surface area (Å²) < 4.78 is 0. The molecule has 376 valence electrons. The molecule has 4 N–H and O–H groups in total. The van der Waals surface area contributed by atoms with Crippen LogP contribution >= 0.6 is 0 Å². The van der Waals surface area contributed by atoms with Crippen LogP contribution in [-0.4, -0.2) is 93.6 Å². The summed E-state index contributed by atoms with van der Waals surface area (Å²) in [5.41, 5.74) is 4.89. The van der Waals surface area contributed by atoms with Gasteiger partial charge in [-0.2, -0.15) is 0 Å². The lowest BCUT2D eigenvalue weighted by Crippen LogP contribution is -2.44. The highest BCUT2D eigenvalue weighted by Gasteiger charge is 2.39. The molecular formula is C61H52N4O10. The molecule has 8 aromatic rings. The molecule has 10 rings (SSSR count). The van der Waals surface area contributed by atoms with E-state index >= 15 is 0 Å². The number of aromatic carboxylic acids is 2. The van der Waals surface area contributed by atoms with Gasteiger partial charge in [0.15, 0.2) is 0 Å². The van der Waals surface area contributed by atoms with Crippen molar-refractivity contribution < 1.29 is 48.6 Å². The molecule has 0 atom stereocenters. The van der Waals surface area contributed by atoms with E-state index in [1.165, 1.54) is 34.1 Å². The summed E-state index contributed by atoms with van der Waals surface area (Å²) in [4.78, 5) is 107. The molecule has 0 saturated heterocycles. The Morgan fingerprint density at radius 3 is 0.893 bits per heavy atom. The number of benzene rings is 8. The Labute approximate surface area is 432 Å². The highest BCUT2D eigenvalue weighted by molar-refractivity contribution is 6.33. The van der Waals surface area contributed by atoms with Crippen LogP contribution in [0.2, 0.25) is 0 Å². The molecule has 0 aliphatic carbocycles. The van der Waals surface area contributed by atoms with Crippen molar-refractivity contribution in [2.24, 2.45) is 0 Å². The second-order valence-electron chi connectivity index (χ2n) is 17.7. The molecule has 2 aliphatic heterocycles. The molecule has 0 saturated carbocycles. The highest BCUT2D eigenvalue weighted by Crippen LogP contribution is 2.38. The quantitative estimate of drug-likeness (QED) is 0.0675. The minimum absolute atomic E-state index is 0. The molecule has 0 radical (unpaired) electrons. The number of hydrogen-bond acceptors (Lipinski definition) is 8. The van der Waals surface area contributed by atoms with Crippen molar-refractivity contribution in [1.29, 1.82) is 0 Å². The van der Waals surface area contributed by atoms with Crippen LogP contribution in [-0.2, 0) is 25.7 Å². The van der Waals surface area contributed by atoms with E-state index in [-0.39, 0.29) is 66.6 Å².